The second kappa shape index (κ2) is 5.41. The van der Waals surface area contributed by atoms with E-state index < -0.39 is 16.8 Å². The number of nitrogens with one attached hydrogen (secondary N) is 1. The van der Waals surface area contributed by atoms with Crippen molar-refractivity contribution in [3.8, 4) is 0 Å². The topological polar surface area (TPSA) is 127 Å². The molecule has 0 fully saturated rings. The maximum Gasteiger partial charge on any atom is 0.337 e. The van der Waals surface area contributed by atoms with E-state index >= 15 is 0 Å². The molecule has 0 saturated heterocycles. The number of pyridine rings is 1. The number of rotatable bonds is 4. The molecule has 0 aromatic carbocycles. The smallest absolute Gasteiger partial charge is 0.337 e. The monoisotopic (exact) mass is 290 g/mol. The van der Waals surface area contributed by atoms with Gasteiger partial charge in [-0.3, -0.25) is 9.78 Å². The van der Waals surface area contributed by atoms with Crippen LogP contribution in [0.2, 0.25) is 0 Å². The van der Waals surface area contributed by atoms with Crippen LogP contribution in [0, 0.1) is 10.1 Å². The van der Waals surface area contributed by atoms with Crippen molar-refractivity contribution >= 4 is 23.4 Å². The molecule has 0 unspecified atom stereocenters. The number of carbonyl (C=O) groups excluding carboxylic acids is 1. The lowest BCUT2D eigenvalue weighted by atomic mass is 10.2. The second-order valence-electron chi connectivity index (χ2n) is 4.11. The normalized spacial score (nSPS) is 10.1. The Hall–Kier alpha value is -3.23. The summed E-state index contributed by atoms with van der Waals surface area (Å²) < 4.78 is 1.13. The number of hydrogen-bond acceptors (Lipinski definition) is 5. The molecule has 0 radical (unpaired) electrons. The van der Waals surface area contributed by atoms with Crippen LogP contribution in [0.1, 0.15) is 20.8 Å². The van der Waals surface area contributed by atoms with Crippen LogP contribution >= 0.6 is 0 Å². The van der Waals surface area contributed by atoms with Crippen LogP contribution in [0.3, 0.4) is 0 Å². The third-order valence-corrected chi connectivity index (χ3v) is 2.76. The molecular weight excluding hydrogens is 280 g/mol. The number of carboxylic acids is 1. The summed E-state index contributed by atoms with van der Waals surface area (Å²) in [5, 5.41) is 22.0. The number of carbonyl (C=O) groups is 2. The fraction of sp³-hybridized carbons (Fsp3) is 0.0833. The minimum absolute atomic E-state index is 0.0717. The molecule has 9 nitrogen and oxygen atoms in total. The third kappa shape index (κ3) is 2.86. The predicted octanol–water partition coefficient (Wildman–Crippen LogP) is 1.28. The molecule has 0 aliphatic rings. The van der Waals surface area contributed by atoms with E-state index in [4.69, 9.17) is 5.11 Å². The van der Waals surface area contributed by atoms with Gasteiger partial charge < -0.3 is 20.5 Å². The van der Waals surface area contributed by atoms with E-state index in [-0.39, 0.29) is 22.8 Å². The SMILES string of the molecule is Cn1c(C(=O)Nc2cncc(C(=O)O)c2)ccc1[N+](=O)[O-]. The molecule has 21 heavy (non-hydrogen) atoms. The Labute approximate surface area is 118 Å². The molecule has 108 valence electrons. The highest BCUT2D eigenvalue weighted by molar-refractivity contribution is 6.04. The van der Waals surface area contributed by atoms with Crippen LogP contribution in [0.25, 0.3) is 0 Å². The quantitative estimate of drug-likeness (QED) is 0.644. The van der Waals surface area contributed by atoms with Crippen LogP contribution in [0.4, 0.5) is 11.5 Å². The molecule has 2 heterocycles. The predicted molar refractivity (Wildman–Crippen MR) is 71.2 cm³/mol. The fourth-order valence-electron chi connectivity index (χ4n) is 1.73. The van der Waals surface area contributed by atoms with E-state index in [1.165, 1.54) is 31.4 Å². The summed E-state index contributed by atoms with van der Waals surface area (Å²) in [7, 11) is 1.39. The summed E-state index contributed by atoms with van der Waals surface area (Å²) >= 11 is 0. The molecular formula is C12H10N4O5. The van der Waals surface area contributed by atoms with E-state index in [1.807, 2.05) is 0 Å². The Morgan fingerprint density at radius 3 is 2.67 bits per heavy atom. The first-order valence-electron chi connectivity index (χ1n) is 5.70. The van der Waals surface area contributed by atoms with Crippen LogP contribution in [0.15, 0.2) is 30.6 Å². The zero-order valence-corrected chi connectivity index (χ0v) is 10.8. The van der Waals surface area contributed by atoms with Gasteiger partial charge in [-0.2, -0.15) is 0 Å². The maximum atomic E-state index is 12.0. The Balaban J connectivity index is 2.24. The molecule has 0 spiro atoms. The fourth-order valence-corrected chi connectivity index (χ4v) is 1.73. The van der Waals surface area contributed by atoms with E-state index in [2.05, 4.69) is 10.3 Å². The number of nitrogens with zero attached hydrogens (tertiary/aromatic N) is 3. The molecule has 0 atom stereocenters. The summed E-state index contributed by atoms with van der Waals surface area (Å²) in [6, 6.07) is 3.76. The van der Waals surface area contributed by atoms with E-state index in [9.17, 15) is 19.7 Å². The third-order valence-electron chi connectivity index (χ3n) is 2.76. The van der Waals surface area contributed by atoms with Crippen molar-refractivity contribution in [3.05, 3.63) is 52.0 Å². The van der Waals surface area contributed by atoms with Crippen molar-refractivity contribution in [2.24, 2.45) is 7.05 Å². The second-order valence-corrected chi connectivity index (χ2v) is 4.11. The number of aromatic carboxylic acids is 1. The van der Waals surface area contributed by atoms with Gasteiger partial charge in [-0.1, -0.05) is 0 Å². The Morgan fingerprint density at radius 1 is 1.38 bits per heavy atom. The van der Waals surface area contributed by atoms with Gasteiger partial charge >= 0.3 is 11.8 Å². The van der Waals surface area contributed by atoms with Crippen LogP contribution in [0.5, 0.6) is 0 Å². The van der Waals surface area contributed by atoms with Gasteiger partial charge in [0.2, 0.25) is 0 Å². The van der Waals surface area contributed by atoms with Crippen LogP contribution < -0.4 is 5.32 Å². The number of amides is 1. The van der Waals surface area contributed by atoms with Crippen LogP contribution in [-0.4, -0.2) is 31.5 Å². The van der Waals surface area contributed by atoms with Gasteiger partial charge in [0.05, 0.1) is 24.5 Å². The first-order chi connectivity index (χ1) is 9.90. The van der Waals surface area contributed by atoms with Gasteiger partial charge in [-0.25, -0.2) is 9.36 Å². The van der Waals surface area contributed by atoms with Crippen molar-refractivity contribution in [2.45, 2.75) is 0 Å². The van der Waals surface area contributed by atoms with E-state index in [1.54, 1.807) is 0 Å². The molecule has 2 N–H and O–H groups in total. The molecule has 0 aliphatic carbocycles. The van der Waals surface area contributed by atoms with Gasteiger partial charge in [0.1, 0.15) is 0 Å². The summed E-state index contributed by atoms with van der Waals surface area (Å²) in [5.41, 5.74) is 0.178. The standard InChI is InChI=1S/C12H10N4O5/c1-15-9(2-3-10(15)16(20)21)11(17)14-8-4-7(12(18)19)5-13-6-8/h2-6H,1H3,(H,14,17)(H,18,19). The number of carboxylic acid groups (broad SMARTS) is 1. The Morgan fingerprint density at radius 2 is 2.10 bits per heavy atom. The zero-order valence-electron chi connectivity index (χ0n) is 10.8. The first kappa shape index (κ1) is 14.2. The first-order valence-corrected chi connectivity index (χ1v) is 5.70. The van der Waals surface area contributed by atoms with Gasteiger partial charge in [0.25, 0.3) is 5.91 Å². The average Bonchev–Trinajstić information content (AvgIpc) is 2.81. The van der Waals surface area contributed by atoms with E-state index in [0.29, 0.717) is 0 Å². The molecule has 0 aliphatic heterocycles. The van der Waals surface area contributed by atoms with Crippen molar-refractivity contribution < 1.29 is 19.6 Å². The Kier molecular flexibility index (Phi) is 3.65. The van der Waals surface area contributed by atoms with Gasteiger partial charge in [-0.15, -0.1) is 0 Å². The summed E-state index contributed by atoms with van der Waals surface area (Å²) in [6.45, 7) is 0. The molecule has 0 bridgehead atoms. The molecule has 1 amide bonds. The molecule has 2 aromatic rings. The maximum absolute atomic E-state index is 12.0. The zero-order chi connectivity index (χ0) is 15.6. The van der Waals surface area contributed by atoms with Crippen molar-refractivity contribution in [2.75, 3.05) is 5.32 Å². The highest BCUT2D eigenvalue weighted by atomic mass is 16.6. The number of aromatic nitrogens is 2. The minimum atomic E-state index is -1.17. The minimum Gasteiger partial charge on any atom is -0.478 e. The molecule has 0 saturated carbocycles. The van der Waals surface area contributed by atoms with Crippen molar-refractivity contribution in [3.63, 3.8) is 0 Å². The molecule has 2 rings (SSSR count). The lowest BCUT2D eigenvalue weighted by Gasteiger charge is -2.04. The number of hydrogen-bond donors (Lipinski definition) is 2. The average molecular weight is 290 g/mol. The van der Waals surface area contributed by atoms with Crippen molar-refractivity contribution in [1.29, 1.82) is 0 Å². The van der Waals surface area contributed by atoms with Crippen molar-refractivity contribution in [1.82, 2.24) is 9.55 Å². The highest BCUT2D eigenvalue weighted by Gasteiger charge is 2.20. The summed E-state index contributed by atoms with van der Waals surface area (Å²) in [6.07, 6.45) is 2.42. The van der Waals surface area contributed by atoms with Gasteiger partial charge in [0.15, 0.2) is 5.69 Å². The van der Waals surface area contributed by atoms with Gasteiger partial charge in [-0.05, 0) is 17.1 Å². The van der Waals surface area contributed by atoms with Gasteiger partial charge in [0, 0.05) is 12.3 Å². The number of nitro groups is 1. The largest absolute Gasteiger partial charge is 0.478 e. The summed E-state index contributed by atoms with van der Waals surface area (Å²) in [5.74, 6) is -2.00. The van der Waals surface area contributed by atoms with E-state index in [0.717, 1.165) is 10.8 Å². The lowest BCUT2D eigenvalue weighted by molar-refractivity contribution is -0.391. The lowest BCUT2D eigenvalue weighted by Crippen LogP contribution is -2.16. The summed E-state index contributed by atoms with van der Waals surface area (Å²) in [4.78, 5) is 36.6. The van der Waals surface area contributed by atoms with Crippen LogP contribution in [-0.2, 0) is 7.05 Å². The number of anilines is 1. The Bertz CT molecular complexity index is 737. The molecule has 9 heteroatoms. The molecule has 2 aromatic heterocycles. The highest BCUT2D eigenvalue weighted by Crippen LogP contribution is 2.17.